The van der Waals surface area contributed by atoms with Crippen LogP contribution in [0.15, 0.2) is 30.4 Å². The fourth-order valence-electron chi connectivity index (χ4n) is 3.67. The number of imide groups is 1. The molecule has 4 rings (SSSR count). The molecular formula is C16H11ClN2O3. The van der Waals surface area contributed by atoms with Crippen molar-refractivity contribution < 1.29 is 14.3 Å². The van der Waals surface area contributed by atoms with Gasteiger partial charge in [0.1, 0.15) is 6.07 Å². The molecule has 0 spiro atoms. The molecule has 3 heterocycles. The van der Waals surface area contributed by atoms with E-state index in [9.17, 15) is 14.9 Å². The van der Waals surface area contributed by atoms with Crippen LogP contribution in [0.25, 0.3) is 0 Å². The van der Waals surface area contributed by atoms with E-state index >= 15 is 0 Å². The van der Waals surface area contributed by atoms with Crippen LogP contribution in [0.5, 0.6) is 0 Å². The van der Waals surface area contributed by atoms with Crippen LogP contribution < -0.4 is 4.90 Å². The Balaban J connectivity index is 1.84. The van der Waals surface area contributed by atoms with Gasteiger partial charge in [-0.05, 0) is 25.1 Å². The molecule has 2 saturated heterocycles. The zero-order valence-corrected chi connectivity index (χ0v) is 12.4. The lowest BCUT2D eigenvalue weighted by atomic mass is 9.78. The fourth-order valence-corrected chi connectivity index (χ4v) is 3.84. The van der Waals surface area contributed by atoms with Gasteiger partial charge in [-0.2, -0.15) is 5.26 Å². The van der Waals surface area contributed by atoms with E-state index in [2.05, 4.69) is 0 Å². The molecular weight excluding hydrogens is 304 g/mol. The Hall–Kier alpha value is -2.16. The summed E-state index contributed by atoms with van der Waals surface area (Å²) in [7, 11) is 0. The molecule has 3 aliphatic rings. The number of fused-ring (bicyclic) bond motifs is 5. The van der Waals surface area contributed by atoms with Crippen LogP contribution in [-0.2, 0) is 14.3 Å². The lowest BCUT2D eigenvalue weighted by molar-refractivity contribution is -0.126. The third-order valence-corrected chi connectivity index (χ3v) is 4.89. The molecule has 2 fully saturated rings. The summed E-state index contributed by atoms with van der Waals surface area (Å²) >= 11 is 5.97. The van der Waals surface area contributed by atoms with Crippen LogP contribution in [0.4, 0.5) is 5.69 Å². The first kappa shape index (κ1) is 13.5. The maximum absolute atomic E-state index is 12.8. The van der Waals surface area contributed by atoms with Gasteiger partial charge in [0, 0.05) is 5.02 Å². The van der Waals surface area contributed by atoms with Crippen LogP contribution in [-0.4, -0.2) is 23.5 Å². The van der Waals surface area contributed by atoms with Gasteiger partial charge in [-0.15, -0.1) is 0 Å². The molecule has 4 atom stereocenters. The number of anilines is 1. The third kappa shape index (κ3) is 1.51. The lowest BCUT2D eigenvalue weighted by Gasteiger charge is -2.24. The first-order chi connectivity index (χ1) is 10.5. The minimum atomic E-state index is -0.748. The maximum atomic E-state index is 12.8. The van der Waals surface area contributed by atoms with E-state index in [1.807, 2.05) is 25.1 Å². The summed E-state index contributed by atoms with van der Waals surface area (Å²) < 4.78 is 5.76. The van der Waals surface area contributed by atoms with Gasteiger partial charge in [0.2, 0.25) is 11.8 Å². The quantitative estimate of drug-likeness (QED) is 0.587. The number of nitriles is 1. The van der Waals surface area contributed by atoms with Crippen LogP contribution >= 0.6 is 11.6 Å². The molecule has 2 amide bonds. The van der Waals surface area contributed by atoms with Crippen molar-refractivity contribution in [1.82, 2.24) is 0 Å². The maximum Gasteiger partial charge on any atom is 0.241 e. The number of hydrogen-bond acceptors (Lipinski definition) is 4. The van der Waals surface area contributed by atoms with Crippen LogP contribution in [0.1, 0.15) is 12.5 Å². The highest BCUT2D eigenvalue weighted by Gasteiger charge is 2.66. The normalized spacial score (nSPS) is 35.1. The second kappa shape index (κ2) is 4.19. The van der Waals surface area contributed by atoms with Crippen molar-refractivity contribution in [3.8, 4) is 6.07 Å². The molecule has 0 aromatic heterocycles. The Labute approximate surface area is 131 Å². The Bertz CT molecular complexity index is 797. The van der Waals surface area contributed by atoms with Crippen LogP contribution in [0, 0.1) is 23.2 Å². The Morgan fingerprint density at radius 2 is 2.14 bits per heavy atom. The number of benzene rings is 1. The van der Waals surface area contributed by atoms with Crippen molar-refractivity contribution in [3.05, 3.63) is 40.9 Å². The van der Waals surface area contributed by atoms with Crippen molar-refractivity contribution in [2.45, 2.75) is 18.6 Å². The number of halogens is 1. The van der Waals surface area contributed by atoms with Crippen LogP contribution in [0.3, 0.4) is 0 Å². The van der Waals surface area contributed by atoms with Crippen molar-refractivity contribution in [2.75, 3.05) is 4.90 Å². The number of ether oxygens (including phenoxy) is 1. The number of rotatable bonds is 1. The highest BCUT2D eigenvalue weighted by molar-refractivity contribution is 6.31. The Morgan fingerprint density at radius 3 is 2.82 bits per heavy atom. The van der Waals surface area contributed by atoms with Gasteiger partial charge in [-0.25, -0.2) is 4.90 Å². The number of amides is 2. The minimum absolute atomic E-state index is 0.248. The molecule has 0 radical (unpaired) electrons. The summed E-state index contributed by atoms with van der Waals surface area (Å²) in [6, 6.07) is 6.56. The van der Waals surface area contributed by atoms with Gasteiger partial charge in [0.05, 0.1) is 34.8 Å². The number of carbonyl (C=O) groups is 2. The van der Waals surface area contributed by atoms with Crippen molar-refractivity contribution in [2.24, 2.45) is 11.8 Å². The predicted molar refractivity (Wildman–Crippen MR) is 78.1 cm³/mol. The largest absolute Gasteiger partial charge is 0.362 e. The van der Waals surface area contributed by atoms with E-state index in [-0.39, 0.29) is 29.2 Å². The van der Waals surface area contributed by atoms with Gasteiger partial charge < -0.3 is 4.74 Å². The smallest absolute Gasteiger partial charge is 0.241 e. The number of hydrogen-bond donors (Lipinski definition) is 0. The summed E-state index contributed by atoms with van der Waals surface area (Å²) in [5, 5.41) is 9.60. The van der Waals surface area contributed by atoms with E-state index in [0.29, 0.717) is 5.02 Å². The van der Waals surface area contributed by atoms with E-state index in [1.54, 1.807) is 6.07 Å². The van der Waals surface area contributed by atoms with Crippen molar-refractivity contribution >= 4 is 29.1 Å². The predicted octanol–water partition coefficient (Wildman–Crippen LogP) is 2.04. The van der Waals surface area contributed by atoms with Gasteiger partial charge in [-0.1, -0.05) is 23.8 Å². The highest BCUT2D eigenvalue weighted by atomic mass is 35.5. The third-order valence-electron chi connectivity index (χ3n) is 4.65. The molecule has 6 heteroatoms. The summed E-state index contributed by atoms with van der Waals surface area (Å²) in [6.45, 7) is 1.81. The van der Waals surface area contributed by atoms with Crippen molar-refractivity contribution in [3.63, 3.8) is 0 Å². The van der Waals surface area contributed by atoms with Crippen molar-refractivity contribution in [1.29, 1.82) is 5.26 Å². The summed E-state index contributed by atoms with van der Waals surface area (Å²) in [4.78, 5) is 26.7. The van der Waals surface area contributed by atoms with E-state index < -0.39 is 17.4 Å². The molecule has 110 valence electrons. The molecule has 3 aliphatic heterocycles. The summed E-state index contributed by atoms with van der Waals surface area (Å²) in [6.07, 6.45) is 3.30. The minimum Gasteiger partial charge on any atom is -0.362 e. The first-order valence-corrected chi connectivity index (χ1v) is 7.29. The molecule has 0 saturated carbocycles. The standard InChI is InChI=1S/C16H11ClN2O3/c1-16-5-4-11(22-16)12-13(16)15(21)19(14(12)20)10-6-9(17)3-2-8(10)7-18/h2-6,11-13H,1H3/t11-,12+,13+,16+/m1/s1. The van der Waals surface area contributed by atoms with E-state index in [0.717, 1.165) is 4.90 Å². The highest BCUT2D eigenvalue weighted by Crippen LogP contribution is 2.52. The second-order valence-corrected chi connectivity index (χ2v) is 6.35. The fraction of sp³-hybridized carbons (Fsp3) is 0.312. The molecule has 1 aromatic carbocycles. The average molecular weight is 315 g/mol. The Morgan fingerprint density at radius 1 is 1.36 bits per heavy atom. The lowest BCUT2D eigenvalue weighted by Crippen LogP contribution is -2.38. The van der Waals surface area contributed by atoms with Gasteiger partial charge in [0.25, 0.3) is 0 Å². The number of nitrogens with zero attached hydrogens (tertiary/aromatic N) is 2. The number of carbonyl (C=O) groups excluding carboxylic acids is 2. The molecule has 22 heavy (non-hydrogen) atoms. The summed E-state index contributed by atoms with van der Waals surface area (Å²) in [5.41, 5.74) is -0.248. The van der Waals surface area contributed by atoms with Crippen LogP contribution in [0.2, 0.25) is 5.02 Å². The zero-order chi connectivity index (χ0) is 15.6. The van der Waals surface area contributed by atoms with E-state index in [4.69, 9.17) is 16.3 Å². The molecule has 5 nitrogen and oxygen atoms in total. The molecule has 1 aromatic rings. The molecule has 0 N–H and O–H groups in total. The molecule has 0 unspecified atom stereocenters. The first-order valence-electron chi connectivity index (χ1n) is 6.91. The SMILES string of the molecule is C[C@@]12C=C[C@@H](O1)[C@@H]1C(=O)N(c3cc(Cl)ccc3C#N)C(=O)[C@H]12. The second-order valence-electron chi connectivity index (χ2n) is 5.91. The van der Waals surface area contributed by atoms with Gasteiger partial charge >= 0.3 is 0 Å². The van der Waals surface area contributed by atoms with Gasteiger partial charge in [0.15, 0.2) is 0 Å². The topological polar surface area (TPSA) is 70.4 Å². The summed E-state index contributed by atoms with van der Waals surface area (Å²) in [5.74, 6) is -1.72. The molecule has 2 bridgehead atoms. The average Bonchev–Trinajstić information content (AvgIpc) is 3.08. The van der Waals surface area contributed by atoms with E-state index in [1.165, 1.54) is 12.1 Å². The Kier molecular flexibility index (Phi) is 2.57. The van der Waals surface area contributed by atoms with Gasteiger partial charge in [-0.3, -0.25) is 9.59 Å². The zero-order valence-electron chi connectivity index (χ0n) is 11.6. The molecule has 0 aliphatic carbocycles. The monoisotopic (exact) mass is 314 g/mol.